The van der Waals surface area contributed by atoms with Crippen LogP contribution in [-0.4, -0.2) is 19.7 Å². The van der Waals surface area contributed by atoms with Gasteiger partial charge in [0.15, 0.2) is 0 Å². The predicted octanol–water partition coefficient (Wildman–Crippen LogP) is 2.11. The maximum absolute atomic E-state index is 12.8. The van der Waals surface area contributed by atoms with E-state index in [0.717, 1.165) is 16.8 Å². The van der Waals surface area contributed by atoms with Crippen molar-refractivity contribution in [1.29, 1.82) is 0 Å². The molecule has 8 heteroatoms. The van der Waals surface area contributed by atoms with E-state index < -0.39 is 16.9 Å². The molecule has 1 aromatic carbocycles. The van der Waals surface area contributed by atoms with Crippen molar-refractivity contribution in [3.63, 3.8) is 0 Å². The van der Waals surface area contributed by atoms with Crippen molar-refractivity contribution in [3.05, 3.63) is 46.5 Å². The zero-order valence-electron chi connectivity index (χ0n) is 8.33. The Labute approximate surface area is 93.7 Å². The topological polar surface area (TPSA) is 73.8 Å². The summed E-state index contributed by atoms with van der Waals surface area (Å²) in [5.41, 5.74) is -0.767. The molecule has 88 valence electrons. The summed E-state index contributed by atoms with van der Waals surface area (Å²) >= 11 is 0. The average Bonchev–Trinajstić information content (AvgIpc) is 2.81. The summed E-state index contributed by atoms with van der Waals surface area (Å²) in [6, 6.07) is 3.19. The second-order valence-electron chi connectivity index (χ2n) is 3.14. The molecule has 0 aliphatic rings. The first kappa shape index (κ1) is 11.1. The highest BCUT2D eigenvalue weighted by Crippen LogP contribution is 2.28. The van der Waals surface area contributed by atoms with Gasteiger partial charge in [0, 0.05) is 12.1 Å². The van der Waals surface area contributed by atoms with E-state index in [1.807, 2.05) is 0 Å². The largest absolute Gasteiger partial charge is 0.270 e. The number of benzene rings is 1. The number of rotatable bonds is 3. The van der Waals surface area contributed by atoms with Crippen LogP contribution in [0.25, 0.3) is 5.69 Å². The van der Waals surface area contributed by atoms with E-state index in [9.17, 15) is 18.9 Å². The van der Waals surface area contributed by atoms with Crippen LogP contribution in [0.5, 0.6) is 0 Å². The van der Waals surface area contributed by atoms with Gasteiger partial charge in [-0.25, -0.2) is 18.4 Å². The second-order valence-corrected chi connectivity index (χ2v) is 3.14. The van der Waals surface area contributed by atoms with Crippen molar-refractivity contribution < 1.29 is 13.7 Å². The number of hydrogen-bond donors (Lipinski definition) is 0. The van der Waals surface area contributed by atoms with Crippen LogP contribution < -0.4 is 0 Å². The minimum atomic E-state index is -2.82. The zero-order chi connectivity index (χ0) is 12.4. The highest BCUT2D eigenvalue weighted by molar-refractivity contribution is 5.48. The number of halogens is 2. The van der Waals surface area contributed by atoms with Gasteiger partial charge in [-0.15, -0.1) is 0 Å². The number of alkyl halides is 2. The third-order valence-electron chi connectivity index (χ3n) is 2.12. The Morgan fingerprint density at radius 1 is 1.41 bits per heavy atom. The van der Waals surface area contributed by atoms with Crippen LogP contribution in [0.2, 0.25) is 0 Å². The zero-order valence-corrected chi connectivity index (χ0v) is 8.33. The molecule has 0 fully saturated rings. The molecule has 0 bridgehead atoms. The quantitative estimate of drug-likeness (QED) is 0.608. The van der Waals surface area contributed by atoms with E-state index in [0.29, 0.717) is 0 Å². The maximum atomic E-state index is 12.8. The first-order valence-corrected chi connectivity index (χ1v) is 4.51. The maximum Gasteiger partial charge on any atom is 0.270 e. The summed E-state index contributed by atoms with van der Waals surface area (Å²) < 4.78 is 26.7. The van der Waals surface area contributed by atoms with Crippen molar-refractivity contribution in [1.82, 2.24) is 14.8 Å². The lowest BCUT2D eigenvalue weighted by Crippen LogP contribution is -2.02. The van der Waals surface area contributed by atoms with E-state index in [4.69, 9.17) is 0 Å². The van der Waals surface area contributed by atoms with E-state index in [1.54, 1.807) is 0 Å². The van der Waals surface area contributed by atoms with Crippen molar-refractivity contribution in [2.75, 3.05) is 0 Å². The first-order valence-electron chi connectivity index (χ1n) is 4.51. The fourth-order valence-electron chi connectivity index (χ4n) is 1.37. The smallest absolute Gasteiger partial charge is 0.258 e. The van der Waals surface area contributed by atoms with Crippen LogP contribution in [0.1, 0.15) is 12.0 Å². The van der Waals surface area contributed by atoms with E-state index in [-0.39, 0.29) is 11.4 Å². The summed E-state index contributed by atoms with van der Waals surface area (Å²) in [6.45, 7) is 0. The van der Waals surface area contributed by atoms with E-state index in [2.05, 4.69) is 10.1 Å². The molecule has 0 N–H and O–H groups in total. The minimum Gasteiger partial charge on any atom is -0.258 e. The van der Waals surface area contributed by atoms with Crippen LogP contribution in [0.4, 0.5) is 14.5 Å². The Morgan fingerprint density at radius 2 is 2.18 bits per heavy atom. The van der Waals surface area contributed by atoms with Crippen LogP contribution in [0.3, 0.4) is 0 Å². The number of hydrogen-bond acceptors (Lipinski definition) is 4. The van der Waals surface area contributed by atoms with Gasteiger partial charge >= 0.3 is 0 Å². The van der Waals surface area contributed by atoms with Crippen LogP contribution >= 0.6 is 0 Å². The van der Waals surface area contributed by atoms with Crippen LogP contribution in [0, 0.1) is 10.1 Å². The van der Waals surface area contributed by atoms with E-state index in [1.165, 1.54) is 18.7 Å². The number of non-ortho nitro benzene ring substituents is 1. The van der Waals surface area contributed by atoms with Gasteiger partial charge in [0.05, 0.1) is 16.2 Å². The normalized spacial score (nSPS) is 10.8. The molecule has 1 aromatic heterocycles. The van der Waals surface area contributed by atoms with Gasteiger partial charge in [0.2, 0.25) is 0 Å². The molecule has 6 nitrogen and oxygen atoms in total. The van der Waals surface area contributed by atoms with Gasteiger partial charge in [-0.1, -0.05) is 0 Å². The molecule has 0 unspecified atom stereocenters. The third-order valence-corrected chi connectivity index (χ3v) is 2.12. The minimum absolute atomic E-state index is 0.0723. The van der Waals surface area contributed by atoms with Crippen molar-refractivity contribution in [3.8, 4) is 5.69 Å². The molecule has 17 heavy (non-hydrogen) atoms. The summed E-state index contributed by atoms with van der Waals surface area (Å²) in [4.78, 5) is 13.4. The molecule has 1 heterocycles. The molecule has 0 saturated carbocycles. The Hall–Kier alpha value is -2.38. The fourth-order valence-corrected chi connectivity index (χ4v) is 1.37. The molecule has 0 aliphatic carbocycles. The standard InChI is InChI=1S/C9H6F2N4O2/c10-9(11)7-3-6(15(16)17)1-2-8(7)14-5-12-4-13-14/h1-5,9H. The molecule has 0 spiro atoms. The second kappa shape index (κ2) is 4.24. The van der Waals surface area contributed by atoms with E-state index >= 15 is 0 Å². The summed E-state index contributed by atoms with van der Waals surface area (Å²) in [5.74, 6) is 0. The van der Waals surface area contributed by atoms with Gasteiger partial charge in [-0.3, -0.25) is 10.1 Å². The predicted molar refractivity (Wildman–Crippen MR) is 53.0 cm³/mol. The Morgan fingerprint density at radius 3 is 2.71 bits per heavy atom. The molecule has 0 atom stereocenters. The molecule has 0 aliphatic heterocycles. The van der Waals surface area contributed by atoms with Gasteiger partial charge in [-0.05, 0) is 6.07 Å². The molecule has 2 rings (SSSR count). The monoisotopic (exact) mass is 240 g/mol. The third kappa shape index (κ3) is 2.10. The van der Waals surface area contributed by atoms with Crippen LogP contribution in [0.15, 0.2) is 30.9 Å². The number of aromatic nitrogens is 3. The lowest BCUT2D eigenvalue weighted by atomic mass is 10.1. The number of nitro benzene ring substituents is 1. The fraction of sp³-hybridized carbons (Fsp3) is 0.111. The van der Waals surface area contributed by atoms with Gasteiger partial charge < -0.3 is 0 Å². The summed E-state index contributed by atoms with van der Waals surface area (Å²) in [7, 11) is 0. The van der Waals surface area contributed by atoms with Gasteiger partial charge in [-0.2, -0.15) is 5.10 Å². The lowest BCUT2D eigenvalue weighted by Gasteiger charge is -2.07. The van der Waals surface area contributed by atoms with Crippen molar-refractivity contribution >= 4 is 5.69 Å². The highest BCUT2D eigenvalue weighted by Gasteiger charge is 2.19. The van der Waals surface area contributed by atoms with Gasteiger partial charge in [0.1, 0.15) is 12.7 Å². The molecular formula is C9H6F2N4O2. The number of nitrogens with zero attached hydrogens (tertiary/aromatic N) is 4. The number of nitro groups is 1. The Balaban J connectivity index is 2.57. The Bertz CT molecular complexity index is 542. The SMILES string of the molecule is O=[N+]([O-])c1ccc(-n2cncn2)c(C(F)F)c1. The van der Waals surface area contributed by atoms with Crippen molar-refractivity contribution in [2.24, 2.45) is 0 Å². The lowest BCUT2D eigenvalue weighted by molar-refractivity contribution is -0.385. The first-order chi connectivity index (χ1) is 8.09. The highest BCUT2D eigenvalue weighted by atomic mass is 19.3. The van der Waals surface area contributed by atoms with Crippen LogP contribution in [-0.2, 0) is 0 Å². The summed E-state index contributed by atoms with van der Waals surface area (Å²) in [5, 5.41) is 14.2. The average molecular weight is 240 g/mol. The molecule has 2 aromatic rings. The molecule has 0 amide bonds. The molecule has 0 radical (unpaired) electrons. The summed E-state index contributed by atoms with van der Waals surface area (Å²) in [6.07, 6.45) is -0.391. The van der Waals surface area contributed by atoms with Gasteiger partial charge in [0.25, 0.3) is 12.1 Å². The molecular weight excluding hydrogens is 234 g/mol. The van der Waals surface area contributed by atoms with Crippen molar-refractivity contribution in [2.45, 2.75) is 6.43 Å². The molecule has 0 saturated heterocycles. The Kier molecular flexibility index (Phi) is 2.77.